The minimum atomic E-state index is -0.273. The third kappa shape index (κ3) is 2.62. The zero-order chi connectivity index (χ0) is 15.7. The van der Waals surface area contributed by atoms with Crippen LogP contribution in [0.3, 0.4) is 0 Å². The van der Waals surface area contributed by atoms with Crippen LogP contribution >= 0.6 is 0 Å². The van der Waals surface area contributed by atoms with Gasteiger partial charge in [-0.05, 0) is 59.4 Å². The summed E-state index contributed by atoms with van der Waals surface area (Å²) in [7, 11) is 0. The fourth-order valence-corrected chi connectivity index (χ4v) is 3.10. The Hall–Kier alpha value is -2.20. The number of nitrogens with two attached hydrogens (primary N) is 1. The Morgan fingerprint density at radius 1 is 1.27 bits per heavy atom. The molecule has 3 rings (SSSR count). The van der Waals surface area contributed by atoms with Crippen molar-refractivity contribution in [1.29, 1.82) is 0 Å². The molecule has 0 bridgehead atoms. The Kier molecular flexibility index (Phi) is 3.94. The molecule has 0 spiro atoms. The fourth-order valence-electron chi connectivity index (χ4n) is 3.10. The molecule has 1 aliphatic rings. The van der Waals surface area contributed by atoms with Crippen LogP contribution in [0.1, 0.15) is 24.5 Å². The first-order valence-electron chi connectivity index (χ1n) is 7.50. The van der Waals surface area contributed by atoms with Gasteiger partial charge in [-0.1, -0.05) is 12.1 Å². The summed E-state index contributed by atoms with van der Waals surface area (Å²) in [6.07, 6.45) is 1.91. The lowest BCUT2D eigenvalue weighted by molar-refractivity contribution is -0.116. The zero-order valence-corrected chi connectivity index (χ0v) is 12.6. The van der Waals surface area contributed by atoms with Crippen LogP contribution in [0.4, 0.5) is 10.1 Å². The van der Waals surface area contributed by atoms with Crippen LogP contribution in [-0.2, 0) is 17.8 Å². The molecular formula is C18H19FN2O. The maximum atomic E-state index is 13.4. The van der Waals surface area contributed by atoms with Gasteiger partial charge in [0.15, 0.2) is 0 Å². The Bertz CT molecular complexity index is 727. The van der Waals surface area contributed by atoms with E-state index >= 15 is 0 Å². The largest absolute Gasteiger partial charge is 0.326 e. The minimum Gasteiger partial charge on any atom is -0.326 e. The average molecular weight is 298 g/mol. The molecule has 1 amide bonds. The van der Waals surface area contributed by atoms with Gasteiger partial charge in [0.25, 0.3) is 0 Å². The molecule has 1 heterocycles. The topological polar surface area (TPSA) is 46.3 Å². The Balaban J connectivity index is 2.06. The monoisotopic (exact) mass is 298 g/mol. The van der Waals surface area contributed by atoms with Crippen molar-refractivity contribution >= 4 is 11.6 Å². The number of amides is 1. The molecule has 22 heavy (non-hydrogen) atoms. The molecule has 2 N–H and O–H groups in total. The molecule has 3 nitrogen and oxygen atoms in total. The van der Waals surface area contributed by atoms with E-state index in [0.29, 0.717) is 6.54 Å². The first kappa shape index (κ1) is 14.7. The molecule has 2 aromatic carbocycles. The van der Waals surface area contributed by atoms with Crippen LogP contribution in [0.15, 0.2) is 36.4 Å². The number of anilines is 1. The van der Waals surface area contributed by atoms with Crippen molar-refractivity contribution in [3.8, 4) is 11.1 Å². The van der Waals surface area contributed by atoms with E-state index in [1.165, 1.54) is 12.1 Å². The molecule has 0 fully saturated rings. The second-order valence-corrected chi connectivity index (χ2v) is 5.62. The summed E-state index contributed by atoms with van der Waals surface area (Å²) >= 11 is 0. The first-order valence-corrected chi connectivity index (χ1v) is 7.50. The minimum absolute atomic E-state index is 0.0677. The third-order valence-electron chi connectivity index (χ3n) is 4.18. The molecule has 0 aliphatic carbocycles. The summed E-state index contributed by atoms with van der Waals surface area (Å²) < 4.78 is 13.4. The Labute approximate surface area is 129 Å². The van der Waals surface area contributed by atoms with Crippen molar-refractivity contribution in [3.05, 3.63) is 53.3 Å². The average Bonchev–Trinajstić information content (AvgIpc) is 2.53. The van der Waals surface area contributed by atoms with Gasteiger partial charge in [0.05, 0.1) is 0 Å². The van der Waals surface area contributed by atoms with Crippen LogP contribution in [-0.4, -0.2) is 12.5 Å². The van der Waals surface area contributed by atoms with E-state index in [2.05, 4.69) is 6.07 Å². The summed E-state index contributed by atoms with van der Waals surface area (Å²) in [6.45, 7) is 2.66. The van der Waals surface area contributed by atoms with Crippen LogP contribution < -0.4 is 10.6 Å². The van der Waals surface area contributed by atoms with Gasteiger partial charge in [-0.2, -0.15) is 0 Å². The van der Waals surface area contributed by atoms with Gasteiger partial charge in [0.2, 0.25) is 5.91 Å². The highest BCUT2D eigenvalue weighted by Gasteiger charge is 2.20. The van der Waals surface area contributed by atoms with Crippen molar-refractivity contribution in [1.82, 2.24) is 0 Å². The number of nitrogens with zero attached hydrogens (tertiary/aromatic N) is 1. The summed E-state index contributed by atoms with van der Waals surface area (Å²) in [5.74, 6) is -0.206. The van der Waals surface area contributed by atoms with Gasteiger partial charge in [0, 0.05) is 25.7 Å². The molecule has 0 saturated carbocycles. The SMILES string of the molecule is CC(=O)N1CCCc2cc(-c3ccc(F)cc3CN)ccc21. The molecule has 0 atom stereocenters. The van der Waals surface area contributed by atoms with Gasteiger partial charge < -0.3 is 10.6 Å². The van der Waals surface area contributed by atoms with E-state index in [0.717, 1.165) is 47.3 Å². The zero-order valence-electron chi connectivity index (χ0n) is 12.6. The van der Waals surface area contributed by atoms with Gasteiger partial charge in [0.1, 0.15) is 5.82 Å². The van der Waals surface area contributed by atoms with Crippen LogP contribution in [0.2, 0.25) is 0 Å². The number of benzene rings is 2. The van der Waals surface area contributed by atoms with Crippen molar-refractivity contribution in [3.63, 3.8) is 0 Å². The van der Waals surface area contributed by atoms with Gasteiger partial charge in [-0.3, -0.25) is 4.79 Å². The molecule has 0 aromatic heterocycles. The van der Waals surface area contributed by atoms with Crippen molar-refractivity contribution in [2.45, 2.75) is 26.3 Å². The Morgan fingerprint density at radius 2 is 2.09 bits per heavy atom. The van der Waals surface area contributed by atoms with Crippen molar-refractivity contribution in [2.24, 2.45) is 5.73 Å². The van der Waals surface area contributed by atoms with Gasteiger partial charge in [-0.25, -0.2) is 4.39 Å². The van der Waals surface area contributed by atoms with E-state index in [9.17, 15) is 9.18 Å². The summed E-state index contributed by atoms with van der Waals surface area (Å²) in [5.41, 5.74) is 10.6. The lowest BCUT2D eigenvalue weighted by atomic mass is 9.94. The first-order chi connectivity index (χ1) is 10.6. The molecule has 0 saturated heterocycles. The molecule has 4 heteroatoms. The fraction of sp³-hybridized carbons (Fsp3) is 0.278. The lowest BCUT2D eigenvalue weighted by Gasteiger charge is -2.29. The summed E-state index contributed by atoms with van der Waals surface area (Å²) in [5, 5.41) is 0. The predicted molar refractivity (Wildman–Crippen MR) is 86.1 cm³/mol. The van der Waals surface area contributed by atoms with Crippen LogP contribution in [0.25, 0.3) is 11.1 Å². The van der Waals surface area contributed by atoms with E-state index in [-0.39, 0.29) is 11.7 Å². The van der Waals surface area contributed by atoms with Gasteiger partial charge in [-0.15, -0.1) is 0 Å². The number of fused-ring (bicyclic) bond motifs is 1. The maximum absolute atomic E-state index is 13.4. The Morgan fingerprint density at radius 3 is 2.82 bits per heavy atom. The highest BCUT2D eigenvalue weighted by molar-refractivity contribution is 5.93. The molecule has 114 valence electrons. The number of carbonyl (C=O) groups excluding carboxylic acids is 1. The highest BCUT2D eigenvalue weighted by Crippen LogP contribution is 2.33. The number of halogens is 1. The number of carbonyl (C=O) groups is 1. The van der Waals surface area contributed by atoms with E-state index in [4.69, 9.17) is 5.73 Å². The van der Waals surface area contributed by atoms with Crippen LogP contribution in [0, 0.1) is 5.82 Å². The number of rotatable bonds is 2. The van der Waals surface area contributed by atoms with Crippen molar-refractivity contribution < 1.29 is 9.18 Å². The highest BCUT2D eigenvalue weighted by atomic mass is 19.1. The van der Waals surface area contributed by atoms with Crippen molar-refractivity contribution in [2.75, 3.05) is 11.4 Å². The quantitative estimate of drug-likeness (QED) is 0.925. The van der Waals surface area contributed by atoms with Gasteiger partial charge >= 0.3 is 0 Å². The number of aryl methyl sites for hydroxylation is 1. The summed E-state index contributed by atoms with van der Waals surface area (Å²) in [4.78, 5) is 13.5. The number of hydrogen-bond donors (Lipinski definition) is 1. The van der Waals surface area contributed by atoms with E-state index in [1.54, 1.807) is 13.0 Å². The summed E-state index contributed by atoms with van der Waals surface area (Å²) in [6, 6.07) is 10.8. The standard InChI is InChI=1S/C18H19FN2O/c1-12(22)21-8-2-3-14-9-13(4-7-18(14)21)17-6-5-16(19)10-15(17)11-20/h4-7,9-10H,2-3,8,11,20H2,1H3. The van der Waals surface area contributed by atoms with Crippen LogP contribution in [0.5, 0.6) is 0 Å². The van der Waals surface area contributed by atoms with E-state index < -0.39 is 0 Å². The second kappa shape index (κ2) is 5.89. The third-order valence-corrected chi connectivity index (χ3v) is 4.18. The molecule has 0 radical (unpaired) electrons. The molecule has 2 aromatic rings. The normalized spacial score (nSPS) is 13.9. The maximum Gasteiger partial charge on any atom is 0.223 e. The smallest absolute Gasteiger partial charge is 0.223 e. The molecule has 0 unspecified atom stereocenters. The molecule has 1 aliphatic heterocycles. The predicted octanol–water partition coefficient (Wildman–Crippen LogP) is 3.25. The molecular weight excluding hydrogens is 279 g/mol. The lowest BCUT2D eigenvalue weighted by Crippen LogP contribution is -2.33. The number of hydrogen-bond acceptors (Lipinski definition) is 2. The second-order valence-electron chi connectivity index (χ2n) is 5.62. The van der Waals surface area contributed by atoms with E-state index in [1.807, 2.05) is 17.0 Å².